The van der Waals surface area contributed by atoms with Crippen molar-refractivity contribution in [1.29, 1.82) is 0 Å². The molecule has 1 aromatic heterocycles. The number of piperidine rings is 1. The fourth-order valence-electron chi connectivity index (χ4n) is 2.12. The van der Waals surface area contributed by atoms with Crippen molar-refractivity contribution in [1.82, 2.24) is 14.9 Å². The van der Waals surface area contributed by atoms with Crippen LogP contribution in [0.1, 0.15) is 18.0 Å². The lowest BCUT2D eigenvalue weighted by atomic mass is 9.92. The van der Waals surface area contributed by atoms with E-state index in [1.54, 1.807) is 12.5 Å². The molecule has 1 aromatic rings. The van der Waals surface area contributed by atoms with E-state index >= 15 is 0 Å². The number of aromatic nitrogens is 2. The Kier molecular flexibility index (Phi) is 2.74. The minimum atomic E-state index is 0.272. The molecule has 0 aliphatic carbocycles. The summed E-state index contributed by atoms with van der Waals surface area (Å²) in [6.45, 7) is 2.03. The van der Waals surface area contributed by atoms with Crippen LogP contribution >= 0.6 is 0 Å². The van der Waals surface area contributed by atoms with Gasteiger partial charge in [-0.2, -0.15) is 0 Å². The predicted molar refractivity (Wildman–Crippen MR) is 54.9 cm³/mol. The third-order valence-corrected chi connectivity index (χ3v) is 2.69. The minimum Gasteiger partial charge on any atom is -0.327 e. The summed E-state index contributed by atoms with van der Waals surface area (Å²) in [5.74, 6) is 0.465. The van der Waals surface area contributed by atoms with Crippen molar-refractivity contribution >= 4 is 0 Å². The van der Waals surface area contributed by atoms with E-state index in [1.807, 2.05) is 6.07 Å². The highest BCUT2D eigenvalue weighted by Crippen LogP contribution is 2.23. The lowest BCUT2D eigenvalue weighted by Gasteiger charge is -2.33. The van der Waals surface area contributed by atoms with Gasteiger partial charge < -0.3 is 10.6 Å². The monoisotopic (exact) mass is 192 g/mol. The molecule has 2 unspecified atom stereocenters. The Morgan fingerprint density at radius 3 is 3.00 bits per heavy atom. The lowest BCUT2D eigenvalue weighted by Crippen LogP contribution is -2.44. The molecule has 2 rings (SSSR count). The first-order chi connectivity index (χ1) is 6.75. The fourth-order valence-corrected chi connectivity index (χ4v) is 2.12. The van der Waals surface area contributed by atoms with E-state index in [-0.39, 0.29) is 6.04 Å². The predicted octanol–water partition coefficient (Wildman–Crippen LogP) is 0.223. The second kappa shape index (κ2) is 4.02. The molecule has 2 atom stereocenters. The van der Waals surface area contributed by atoms with Gasteiger partial charge in [-0.3, -0.25) is 0 Å². The normalized spacial score (nSPS) is 29.0. The Hall–Kier alpha value is -1.00. The summed E-state index contributed by atoms with van der Waals surface area (Å²) >= 11 is 0. The molecule has 4 nitrogen and oxygen atoms in total. The van der Waals surface area contributed by atoms with Gasteiger partial charge in [0.1, 0.15) is 6.33 Å². The highest BCUT2D eigenvalue weighted by molar-refractivity contribution is 5.08. The van der Waals surface area contributed by atoms with Crippen LogP contribution in [0.15, 0.2) is 18.6 Å². The molecule has 2 heterocycles. The topological polar surface area (TPSA) is 55.0 Å². The van der Waals surface area contributed by atoms with E-state index < -0.39 is 0 Å². The molecule has 0 bridgehead atoms. The van der Waals surface area contributed by atoms with Gasteiger partial charge in [0.05, 0.1) is 0 Å². The van der Waals surface area contributed by atoms with Crippen molar-refractivity contribution in [2.45, 2.75) is 18.4 Å². The minimum absolute atomic E-state index is 0.272. The molecule has 0 amide bonds. The van der Waals surface area contributed by atoms with Crippen LogP contribution in [0, 0.1) is 0 Å². The molecular weight excluding hydrogens is 176 g/mol. The van der Waals surface area contributed by atoms with Gasteiger partial charge in [0.15, 0.2) is 0 Å². The van der Waals surface area contributed by atoms with E-state index in [0.717, 1.165) is 25.2 Å². The Balaban J connectivity index is 2.11. The number of likely N-dealkylation sites (N-methyl/N-ethyl adjacent to an activating group) is 1. The summed E-state index contributed by atoms with van der Waals surface area (Å²) in [7, 11) is 2.10. The van der Waals surface area contributed by atoms with Gasteiger partial charge in [-0.15, -0.1) is 0 Å². The number of rotatable bonds is 1. The third kappa shape index (κ3) is 2.08. The zero-order chi connectivity index (χ0) is 9.97. The largest absolute Gasteiger partial charge is 0.327 e. The number of nitrogens with two attached hydrogens (primary N) is 1. The van der Waals surface area contributed by atoms with Gasteiger partial charge >= 0.3 is 0 Å². The molecule has 0 radical (unpaired) electrons. The molecular formula is C10H16N4. The first-order valence-corrected chi connectivity index (χ1v) is 4.95. The van der Waals surface area contributed by atoms with Crippen molar-refractivity contribution in [3.63, 3.8) is 0 Å². The molecule has 0 saturated carbocycles. The highest BCUT2D eigenvalue weighted by atomic mass is 15.1. The molecule has 2 N–H and O–H groups in total. The molecule has 1 aliphatic heterocycles. The Morgan fingerprint density at radius 1 is 1.50 bits per heavy atom. The molecule has 4 heteroatoms. The van der Waals surface area contributed by atoms with Crippen LogP contribution in [0.25, 0.3) is 0 Å². The molecule has 1 aliphatic rings. The van der Waals surface area contributed by atoms with Crippen molar-refractivity contribution < 1.29 is 0 Å². The van der Waals surface area contributed by atoms with Gasteiger partial charge in [0.25, 0.3) is 0 Å². The number of hydrogen-bond donors (Lipinski definition) is 1. The Morgan fingerprint density at radius 2 is 2.36 bits per heavy atom. The van der Waals surface area contributed by atoms with Crippen LogP contribution < -0.4 is 5.73 Å². The number of nitrogens with zero attached hydrogens (tertiary/aromatic N) is 3. The SMILES string of the molecule is CN1CC(N)CC(c2ccncn2)C1. The second-order valence-electron chi connectivity index (χ2n) is 4.05. The summed E-state index contributed by atoms with van der Waals surface area (Å²) in [6, 6.07) is 2.25. The second-order valence-corrected chi connectivity index (χ2v) is 4.05. The fraction of sp³-hybridized carbons (Fsp3) is 0.600. The van der Waals surface area contributed by atoms with Crippen molar-refractivity contribution in [3.8, 4) is 0 Å². The van der Waals surface area contributed by atoms with E-state index in [4.69, 9.17) is 5.73 Å². The van der Waals surface area contributed by atoms with E-state index in [2.05, 4.69) is 21.9 Å². The maximum atomic E-state index is 5.97. The number of likely N-dealkylation sites (tertiary alicyclic amines) is 1. The van der Waals surface area contributed by atoms with Crippen LogP contribution in [0.4, 0.5) is 0 Å². The van der Waals surface area contributed by atoms with Gasteiger partial charge in [-0.05, 0) is 19.5 Å². The quantitative estimate of drug-likeness (QED) is 0.691. The van der Waals surface area contributed by atoms with Crippen LogP contribution in [0.3, 0.4) is 0 Å². The van der Waals surface area contributed by atoms with Crippen LogP contribution in [-0.2, 0) is 0 Å². The van der Waals surface area contributed by atoms with Crippen molar-refractivity contribution in [3.05, 3.63) is 24.3 Å². The van der Waals surface area contributed by atoms with Crippen LogP contribution in [-0.4, -0.2) is 41.0 Å². The van der Waals surface area contributed by atoms with Crippen molar-refractivity contribution in [2.75, 3.05) is 20.1 Å². The maximum absolute atomic E-state index is 5.97. The summed E-state index contributed by atoms with van der Waals surface area (Å²) in [4.78, 5) is 10.5. The molecule has 0 aromatic carbocycles. The molecule has 14 heavy (non-hydrogen) atoms. The lowest BCUT2D eigenvalue weighted by molar-refractivity contribution is 0.225. The van der Waals surface area contributed by atoms with Gasteiger partial charge in [-0.25, -0.2) is 9.97 Å². The van der Waals surface area contributed by atoms with Gasteiger partial charge in [0, 0.05) is 36.9 Å². The Labute approximate surface area is 84.2 Å². The van der Waals surface area contributed by atoms with Crippen LogP contribution in [0.2, 0.25) is 0 Å². The summed E-state index contributed by atoms with van der Waals surface area (Å²) < 4.78 is 0. The summed E-state index contributed by atoms with van der Waals surface area (Å²) in [5.41, 5.74) is 7.08. The summed E-state index contributed by atoms with van der Waals surface area (Å²) in [5, 5.41) is 0. The average Bonchev–Trinajstić information content (AvgIpc) is 2.18. The molecule has 1 saturated heterocycles. The average molecular weight is 192 g/mol. The third-order valence-electron chi connectivity index (χ3n) is 2.69. The van der Waals surface area contributed by atoms with Gasteiger partial charge in [0.2, 0.25) is 0 Å². The van der Waals surface area contributed by atoms with Gasteiger partial charge in [-0.1, -0.05) is 0 Å². The molecule has 0 spiro atoms. The number of hydrogen-bond acceptors (Lipinski definition) is 4. The first kappa shape index (κ1) is 9.55. The van der Waals surface area contributed by atoms with E-state index in [0.29, 0.717) is 5.92 Å². The van der Waals surface area contributed by atoms with E-state index in [1.165, 1.54) is 0 Å². The highest BCUT2D eigenvalue weighted by Gasteiger charge is 2.24. The molecule has 1 fully saturated rings. The smallest absolute Gasteiger partial charge is 0.115 e. The molecule has 76 valence electrons. The first-order valence-electron chi connectivity index (χ1n) is 4.95. The van der Waals surface area contributed by atoms with E-state index in [9.17, 15) is 0 Å². The summed E-state index contributed by atoms with van der Waals surface area (Å²) in [6.07, 6.45) is 4.43. The van der Waals surface area contributed by atoms with Crippen LogP contribution in [0.5, 0.6) is 0 Å². The zero-order valence-electron chi connectivity index (χ0n) is 8.43. The maximum Gasteiger partial charge on any atom is 0.115 e. The van der Waals surface area contributed by atoms with Crippen molar-refractivity contribution in [2.24, 2.45) is 5.73 Å². The Bertz CT molecular complexity index is 277. The standard InChI is InChI=1S/C10H16N4/c1-14-5-8(4-9(11)6-14)10-2-3-12-7-13-10/h2-3,7-9H,4-6,11H2,1H3. The zero-order valence-corrected chi connectivity index (χ0v) is 8.43.